The van der Waals surface area contributed by atoms with Crippen LogP contribution in [0, 0.1) is 36.5 Å². The monoisotopic (exact) mass is 409 g/mol. The Morgan fingerprint density at radius 1 is 1.06 bits per heavy atom. The van der Waals surface area contributed by atoms with Crippen molar-refractivity contribution in [1.82, 2.24) is 9.97 Å². The highest BCUT2D eigenvalue weighted by Crippen LogP contribution is 2.28. The SMILES string of the molecule is Cc1cc(/C=C/C#N)cc(C)c1Nc1nc(Nc2ccc(C#N)cc2)ncc1/C=N/O. The third kappa shape index (κ3) is 5.22. The van der Waals surface area contributed by atoms with Crippen molar-refractivity contribution in [3.8, 4) is 12.1 Å². The Balaban J connectivity index is 1.94. The minimum atomic E-state index is 0.339. The smallest absolute Gasteiger partial charge is 0.229 e. The summed E-state index contributed by atoms with van der Waals surface area (Å²) in [5.41, 5.74) is 5.49. The van der Waals surface area contributed by atoms with Crippen LogP contribution >= 0.6 is 0 Å². The molecule has 8 heteroatoms. The summed E-state index contributed by atoms with van der Waals surface area (Å²) in [5, 5.41) is 36.2. The fourth-order valence-electron chi connectivity index (χ4n) is 3.01. The van der Waals surface area contributed by atoms with Crippen molar-refractivity contribution in [3.05, 3.63) is 76.5 Å². The third-order valence-corrected chi connectivity index (χ3v) is 4.43. The molecule has 0 bridgehead atoms. The minimum Gasteiger partial charge on any atom is -0.411 e. The first-order valence-corrected chi connectivity index (χ1v) is 9.30. The number of nitrogens with one attached hydrogen (secondary N) is 2. The van der Waals surface area contributed by atoms with Crippen molar-refractivity contribution in [2.45, 2.75) is 13.8 Å². The van der Waals surface area contributed by atoms with Gasteiger partial charge in [0.1, 0.15) is 5.82 Å². The Bertz CT molecular complexity index is 1210. The molecule has 8 nitrogen and oxygen atoms in total. The second-order valence-electron chi connectivity index (χ2n) is 6.67. The van der Waals surface area contributed by atoms with Gasteiger partial charge in [-0.3, -0.25) is 0 Å². The molecule has 1 aromatic heterocycles. The van der Waals surface area contributed by atoms with E-state index in [1.54, 1.807) is 30.3 Å². The molecular formula is C23H19N7O. The van der Waals surface area contributed by atoms with E-state index in [1.807, 2.05) is 32.0 Å². The van der Waals surface area contributed by atoms with E-state index in [4.69, 9.17) is 15.7 Å². The van der Waals surface area contributed by atoms with E-state index < -0.39 is 0 Å². The molecule has 3 N–H and O–H groups in total. The topological polar surface area (TPSA) is 130 Å². The van der Waals surface area contributed by atoms with Crippen molar-refractivity contribution in [3.63, 3.8) is 0 Å². The molecule has 0 unspecified atom stereocenters. The Labute approximate surface area is 179 Å². The number of benzene rings is 2. The first kappa shape index (κ1) is 21.0. The standard InChI is InChI=1S/C23H19N7O/c1-15-10-18(4-3-9-24)11-16(2)21(15)29-22-19(14-27-31)13-26-23(30-22)28-20-7-5-17(12-25)6-8-20/h3-8,10-11,13-14,31H,1-2H3,(H2,26,28,29,30)/b4-3+,27-14+. The normalized spacial score (nSPS) is 10.7. The molecule has 0 aliphatic heterocycles. The summed E-state index contributed by atoms with van der Waals surface area (Å²) in [6.45, 7) is 3.91. The van der Waals surface area contributed by atoms with Crippen LogP contribution in [0.5, 0.6) is 0 Å². The lowest BCUT2D eigenvalue weighted by Crippen LogP contribution is -2.06. The van der Waals surface area contributed by atoms with Gasteiger partial charge in [0.15, 0.2) is 0 Å². The van der Waals surface area contributed by atoms with Gasteiger partial charge in [0.2, 0.25) is 5.95 Å². The quantitative estimate of drug-likeness (QED) is 0.231. The lowest BCUT2D eigenvalue weighted by Gasteiger charge is -2.15. The van der Waals surface area contributed by atoms with Crippen LogP contribution in [-0.2, 0) is 0 Å². The number of nitriles is 2. The summed E-state index contributed by atoms with van der Waals surface area (Å²) in [7, 11) is 0. The zero-order chi connectivity index (χ0) is 22.2. The summed E-state index contributed by atoms with van der Waals surface area (Å²) in [4.78, 5) is 8.78. The number of hydrogen-bond donors (Lipinski definition) is 3. The molecule has 0 atom stereocenters. The summed E-state index contributed by atoms with van der Waals surface area (Å²) >= 11 is 0. The van der Waals surface area contributed by atoms with Crippen molar-refractivity contribution < 1.29 is 5.21 Å². The number of anilines is 4. The van der Waals surface area contributed by atoms with Crippen molar-refractivity contribution in [1.29, 1.82) is 10.5 Å². The first-order chi connectivity index (χ1) is 15.0. The van der Waals surface area contributed by atoms with Crippen LogP contribution in [0.15, 0.2) is 53.8 Å². The number of rotatable bonds is 6. The van der Waals surface area contributed by atoms with Gasteiger partial charge in [-0.05, 0) is 73.0 Å². The largest absolute Gasteiger partial charge is 0.411 e. The maximum Gasteiger partial charge on any atom is 0.229 e. The summed E-state index contributed by atoms with van der Waals surface area (Å²) < 4.78 is 0. The molecule has 0 aliphatic rings. The van der Waals surface area contributed by atoms with Crippen molar-refractivity contribution in [2.75, 3.05) is 10.6 Å². The van der Waals surface area contributed by atoms with Gasteiger partial charge in [-0.15, -0.1) is 0 Å². The Morgan fingerprint density at radius 3 is 2.39 bits per heavy atom. The predicted molar refractivity (Wildman–Crippen MR) is 120 cm³/mol. The number of oxime groups is 1. The van der Waals surface area contributed by atoms with E-state index in [2.05, 4.69) is 31.8 Å². The van der Waals surface area contributed by atoms with Crippen LogP contribution in [0.4, 0.5) is 23.1 Å². The van der Waals surface area contributed by atoms with Gasteiger partial charge in [-0.2, -0.15) is 15.5 Å². The maximum absolute atomic E-state index is 9.00. The highest BCUT2D eigenvalue weighted by Gasteiger charge is 2.11. The zero-order valence-electron chi connectivity index (χ0n) is 17.0. The van der Waals surface area contributed by atoms with Gasteiger partial charge in [0.25, 0.3) is 0 Å². The Morgan fingerprint density at radius 2 is 1.77 bits per heavy atom. The minimum absolute atomic E-state index is 0.339. The number of hydrogen-bond acceptors (Lipinski definition) is 8. The van der Waals surface area contributed by atoms with Gasteiger partial charge in [-0.25, -0.2) is 4.98 Å². The maximum atomic E-state index is 9.00. The number of aryl methyl sites for hydroxylation is 2. The van der Waals surface area contributed by atoms with E-state index in [-0.39, 0.29) is 0 Å². The molecule has 152 valence electrons. The molecule has 0 radical (unpaired) electrons. The summed E-state index contributed by atoms with van der Waals surface area (Å²) in [6, 6.07) is 14.9. The lowest BCUT2D eigenvalue weighted by atomic mass is 10.0. The average molecular weight is 409 g/mol. The van der Waals surface area contributed by atoms with Gasteiger partial charge in [0, 0.05) is 23.6 Å². The van der Waals surface area contributed by atoms with E-state index in [0.29, 0.717) is 22.9 Å². The van der Waals surface area contributed by atoms with Crippen LogP contribution in [0.3, 0.4) is 0 Å². The van der Waals surface area contributed by atoms with Gasteiger partial charge < -0.3 is 15.8 Å². The fraction of sp³-hybridized carbons (Fsp3) is 0.0870. The fourth-order valence-corrected chi connectivity index (χ4v) is 3.01. The summed E-state index contributed by atoms with van der Waals surface area (Å²) in [6.07, 6.45) is 5.97. The van der Waals surface area contributed by atoms with Crippen LogP contribution < -0.4 is 10.6 Å². The second kappa shape index (κ2) is 9.68. The highest BCUT2D eigenvalue weighted by atomic mass is 16.4. The lowest BCUT2D eigenvalue weighted by molar-refractivity contribution is 0.322. The molecule has 0 aliphatic carbocycles. The Kier molecular flexibility index (Phi) is 6.57. The molecule has 0 saturated carbocycles. The molecule has 2 aromatic carbocycles. The number of nitrogens with zero attached hydrogens (tertiary/aromatic N) is 5. The molecule has 0 amide bonds. The highest BCUT2D eigenvalue weighted by molar-refractivity contribution is 5.88. The molecule has 0 spiro atoms. The van der Waals surface area contributed by atoms with Crippen molar-refractivity contribution in [2.24, 2.45) is 5.16 Å². The van der Waals surface area contributed by atoms with E-state index >= 15 is 0 Å². The molecule has 0 saturated heterocycles. The zero-order valence-corrected chi connectivity index (χ0v) is 17.0. The predicted octanol–water partition coefficient (Wildman–Crippen LogP) is 4.80. The van der Waals surface area contributed by atoms with Crippen LogP contribution in [0.1, 0.15) is 27.8 Å². The molecule has 3 rings (SSSR count). The number of allylic oxidation sites excluding steroid dienone is 1. The average Bonchev–Trinajstić information content (AvgIpc) is 2.77. The van der Waals surface area contributed by atoms with Gasteiger partial charge >= 0.3 is 0 Å². The van der Waals surface area contributed by atoms with Crippen LogP contribution in [0.2, 0.25) is 0 Å². The molecule has 31 heavy (non-hydrogen) atoms. The third-order valence-electron chi connectivity index (χ3n) is 4.43. The molecular weight excluding hydrogens is 390 g/mol. The van der Waals surface area contributed by atoms with Gasteiger partial charge in [0.05, 0.1) is 29.5 Å². The first-order valence-electron chi connectivity index (χ1n) is 9.30. The van der Waals surface area contributed by atoms with Gasteiger partial charge in [-0.1, -0.05) is 5.16 Å². The van der Waals surface area contributed by atoms with E-state index in [1.165, 1.54) is 18.5 Å². The van der Waals surface area contributed by atoms with Crippen LogP contribution in [-0.4, -0.2) is 21.4 Å². The van der Waals surface area contributed by atoms with E-state index in [9.17, 15) is 0 Å². The second-order valence-corrected chi connectivity index (χ2v) is 6.67. The van der Waals surface area contributed by atoms with Crippen LogP contribution in [0.25, 0.3) is 6.08 Å². The van der Waals surface area contributed by atoms with E-state index in [0.717, 1.165) is 28.1 Å². The Hall–Kier alpha value is -4.69. The molecule has 1 heterocycles. The number of aromatic nitrogens is 2. The molecule has 3 aromatic rings. The van der Waals surface area contributed by atoms with Crippen molar-refractivity contribution >= 4 is 35.4 Å². The molecule has 0 fully saturated rings. The summed E-state index contributed by atoms with van der Waals surface area (Å²) in [5.74, 6) is 0.793.